The molecule has 0 bridgehead atoms. The predicted octanol–water partition coefficient (Wildman–Crippen LogP) is 0.575. The Hall–Kier alpha value is -1.97. The molecule has 0 radical (unpaired) electrons. The molecule has 64 valence electrons. The maximum atomic E-state index is 11.1. The monoisotopic (exact) mass is 176 g/mol. The van der Waals surface area contributed by atoms with E-state index >= 15 is 0 Å². The number of carbonyl (C=O) groups is 2. The number of carbonyl (C=O) groups excluding carboxylic acids is 2. The van der Waals surface area contributed by atoms with Crippen LogP contribution in [0, 0.1) is 0 Å². The quantitative estimate of drug-likeness (QED) is 0.579. The normalized spacial score (nSPS) is 14.5. The van der Waals surface area contributed by atoms with Crippen molar-refractivity contribution in [3.63, 3.8) is 0 Å². The molecule has 4 nitrogen and oxygen atoms in total. The Balaban J connectivity index is 2.76. The van der Waals surface area contributed by atoms with Crippen molar-refractivity contribution in [1.29, 1.82) is 0 Å². The van der Waals surface area contributed by atoms with E-state index in [1.54, 1.807) is 0 Å². The minimum Gasteiger partial charge on any atom is -0.418 e. The van der Waals surface area contributed by atoms with Gasteiger partial charge in [-0.3, -0.25) is 9.59 Å². The van der Waals surface area contributed by atoms with Crippen LogP contribution in [0.4, 0.5) is 0 Å². The summed E-state index contributed by atoms with van der Waals surface area (Å²) in [6.07, 6.45) is 2.25. The summed E-state index contributed by atoms with van der Waals surface area (Å²) in [5.74, 6) is -0.939. The average Bonchev–Trinajstić information content (AvgIpc) is 2.12. The van der Waals surface area contributed by atoms with Gasteiger partial charge < -0.3 is 4.42 Å². The van der Waals surface area contributed by atoms with E-state index in [0.29, 0.717) is 0 Å². The van der Waals surface area contributed by atoms with Crippen LogP contribution in [0.15, 0.2) is 33.5 Å². The molecule has 4 heteroatoms. The summed E-state index contributed by atoms with van der Waals surface area (Å²) in [5.41, 5.74) is -0.484. The van der Waals surface area contributed by atoms with Gasteiger partial charge in [-0.05, 0) is 18.2 Å². The molecule has 1 aliphatic carbocycles. The molecule has 0 aliphatic heterocycles. The third kappa shape index (κ3) is 1.12. The Morgan fingerprint density at radius 3 is 2.38 bits per heavy atom. The Morgan fingerprint density at radius 2 is 1.62 bits per heavy atom. The molecule has 0 fully saturated rings. The molecule has 0 unspecified atom stereocenters. The first-order chi connectivity index (χ1) is 6.18. The van der Waals surface area contributed by atoms with E-state index in [1.165, 1.54) is 6.07 Å². The second-order valence-corrected chi connectivity index (χ2v) is 2.56. The van der Waals surface area contributed by atoms with Gasteiger partial charge in [0.25, 0.3) is 0 Å². The molecular formula is C9H4O4. The van der Waals surface area contributed by atoms with Crippen molar-refractivity contribution in [3.8, 4) is 0 Å². The highest BCUT2D eigenvalue weighted by molar-refractivity contribution is 6.20. The Kier molecular flexibility index (Phi) is 1.48. The summed E-state index contributed by atoms with van der Waals surface area (Å²) in [4.78, 5) is 33.0. The minimum absolute atomic E-state index is 0.145. The fraction of sp³-hybridized carbons (Fsp3) is 0. The number of rotatable bonds is 0. The van der Waals surface area contributed by atoms with Gasteiger partial charge in [-0.15, -0.1) is 0 Å². The zero-order valence-electron chi connectivity index (χ0n) is 6.44. The maximum Gasteiger partial charge on any atom is 0.336 e. The van der Waals surface area contributed by atoms with Crippen molar-refractivity contribution in [2.45, 2.75) is 0 Å². The second-order valence-electron chi connectivity index (χ2n) is 2.56. The number of fused-ring (bicyclic) bond motifs is 1. The van der Waals surface area contributed by atoms with Gasteiger partial charge in [0, 0.05) is 6.07 Å². The zero-order valence-corrected chi connectivity index (χ0v) is 6.44. The lowest BCUT2D eigenvalue weighted by molar-refractivity contribution is 0.0968. The molecule has 1 aromatic rings. The van der Waals surface area contributed by atoms with Crippen LogP contribution in [0.2, 0.25) is 0 Å². The fourth-order valence-corrected chi connectivity index (χ4v) is 1.11. The van der Waals surface area contributed by atoms with E-state index in [4.69, 9.17) is 0 Å². The molecular weight excluding hydrogens is 172 g/mol. The molecule has 1 aliphatic rings. The van der Waals surface area contributed by atoms with E-state index in [2.05, 4.69) is 4.42 Å². The number of hydrogen-bond donors (Lipinski definition) is 0. The summed E-state index contributed by atoms with van der Waals surface area (Å²) in [5, 5.41) is 0. The highest BCUT2D eigenvalue weighted by Crippen LogP contribution is 2.13. The van der Waals surface area contributed by atoms with E-state index in [9.17, 15) is 14.4 Å². The lowest BCUT2D eigenvalue weighted by Crippen LogP contribution is -2.14. The van der Waals surface area contributed by atoms with Crippen LogP contribution in [0.5, 0.6) is 0 Å². The zero-order chi connectivity index (χ0) is 9.42. The molecule has 0 amide bonds. The number of allylic oxidation sites excluding steroid dienone is 2. The van der Waals surface area contributed by atoms with E-state index in [-0.39, 0.29) is 17.1 Å². The van der Waals surface area contributed by atoms with E-state index < -0.39 is 11.4 Å². The lowest BCUT2D eigenvalue weighted by Gasteiger charge is -2.04. The number of ketones is 2. The Morgan fingerprint density at radius 1 is 0.923 bits per heavy atom. The van der Waals surface area contributed by atoms with Gasteiger partial charge in [0.1, 0.15) is 0 Å². The van der Waals surface area contributed by atoms with Crippen molar-refractivity contribution < 1.29 is 14.0 Å². The molecule has 0 N–H and O–H groups in total. The molecule has 13 heavy (non-hydrogen) atoms. The van der Waals surface area contributed by atoms with Crippen molar-refractivity contribution in [2.24, 2.45) is 0 Å². The first-order valence-electron chi connectivity index (χ1n) is 3.59. The van der Waals surface area contributed by atoms with Gasteiger partial charge in [0.05, 0.1) is 5.56 Å². The Labute approximate surface area is 72.5 Å². The van der Waals surface area contributed by atoms with Gasteiger partial charge in [-0.1, -0.05) is 0 Å². The summed E-state index contributed by atoms with van der Waals surface area (Å²) >= 11 is 0. The molecule has 0 saturated carbocycles. The van der Waals surface area contributed by atoms with Crippen LogP contribution in [0.1, 0.15) is 20.9 Å². The van der Waals surface area contributed by atoms with Gasteiger partial charge in [-0.25, -0.2) is 4.79 Å². The number of hydrogen-bond acceptors (Lipinski definition) is 4. The van der Waals surface area contributed by atoms with E-state index in [1.807, 2.05) is 0 Å². The van der Waals surface area contributed by atoms with Crippen LogP contribution < -0.4 is 5.63 Å². The molecule has 0 atom stereocenters. The lowest BCUT2D eigenvalue weighted by atomic mass is 10.0. The maximum absolute atomic E-state index is 11.1. The first-order valence-corrected chi connectivity index (χ1v) is 3.59. The molecule has 1 aromatic heterocycles. The fourth-order valence-electron chi connectivity index (χ4n) is 1.11. The van der Waals surface area contributed by atoms with Crippen molar-refractivity contribution in [1.82, 2.24) is 0 Å². The molecule has 0 spiro atoms. The van der Waals surface area contributed by atoms with Crippen LogP contribution in [0.25, 0.3) is 0 Å². The largest absolute Gasteiger partial charge is 0.418 e. The third-order valence-electron chi connectivity index (χ3n) is 1.71. The van der Waals surface area contributed by atoms with Crippen LogP contribution in [0.3, 0.4) is 0 Å². The summed E-state index contributed by atoms with van der Waals surface area (Å²) in [6.45, 7) is 0. The van der Waals surface area contributed by atoms with Gasteiger partial charge >= 0.3 is 5.63 Å². The SMILES string of the molecule is O=C1C=CC(=O)c2oc(=O)ccc21. The average molecular weight is 176 g/mol. The molecule has 2 rings (SSSR count). The Bertz CT molecular complexity index is 479. The predicted molar refractivity (Wildman–Crippen MR) is 42.8 cm³/mol. The van der Waals surface area contributed by atoms with Crippen molar-refractivity contribution >= 4 is 11.6 Å². The van der Waals surface area contributed by atoms with Gasteiger partial charge in [0.2, 0.25) is 5.78 Å². The van der Waals surface area contributed by atoms with Crippen LogP contribution >= 0.6 is 0 Å². The summed E-state index contributed by atoms with van der Waals surface area (Å²) in [7, 11) is 0. The highest BCUT2D eigenvalue weighted by Gasteiger charge is 2.21. The summed E-state index contributed by atoms with van der Waals surface area (Å²) in [6, 6.07) is 2.41. The van der Waals surface area contributed by atoms with Gasteiger partial charge in [-0.2, -0.15) is 0 Å². The van der Waals surface area contributed by atoms with Gasteiger partial charge in [0.15, 0.2) is 11.5 Å². The van der Waals surface area contributed by atoms with Crippen LogP contribution in [-0.2, 0) is 0 Å². The second kappa shape index (κ2) is 2.52. The topological polar surface area (TPSA) is 64.3 Å². The minimum atomic E-state index is -0.629. The summed E-state index contributed by atoms with van der Waals surface area (Å²) < 4.78 is 4.61. The first kappa shape index (κ1) is 7.67. The van der Waals surface area contributed by atoms with Crippen molar-refractivity contribution in [3.05, 3.63) is 46.0 Å². The van der Waals surface area contributed by atoms with Crippen molar-refractivity contribution in [2.75, 3.05) is 0 Å². The highest BCUT2D eigenvalue weighted by atomic mass is 16.4. The smallest absolute Gasteiger partial charge is 0.336 e. The molecule has 0 aromatic carbocycles. The van der Waals surface area contributed by atoms with Crippen LogP contribution in [-0.4, -0.2) is 11.6 Å². The van der Waals surface area contributed by atoms with E-state index in [0.717, 1.165) is 18.2 Å². The third-order valence-corrected chi connectivity index (χ3v) is 1.71. The molecule has 1 heterocycles. The standard InChI is InChI=1S/C9H4O4/c10-6-2-3-7(11)9-5(6)1-4-8(12)13-9/h1-4H. The molecule has 0 saturated heterocycles.